The van der Waals surface area contributed by atoms with Gasteiger partial charge >= 0.3 is 0 Å². The van der Waals surface area contributed by atoms with Gasteiger partial charge in [-0.15, -0.1) is 0 Å². The van der Waals surface area contributed by atoms with Crippen LogP contribution >= 0.6 is 0 Å². The van der Waals surface area contributed by atoms with Crippen LogP contribution in [-0.4, -0.2) is 19.3 Å². The lowest BCUT2D eigenvalue weighted by molar-refractivity contribution is 0.112. The van der Waals surface area contributed by atoms with Crippen molar-refractivity contribution in [2.75, 3.05) is 7.11 Å². The van der Waals surface area contributed by atoms with Crippen LogP contribution in [0.2, 0.25) is 0 Å². The summed E-state index contributed by atoms with van der Waals surface area (Å²) in [6.45, 7) is 0. The standard InChI is InChI=1S/C12H9NO3/c1-16-12-5-10-8(4-9(12)6-14)2-3-13-11(10)7-15/h2-6,13H,1H3. The van der Waals surface area contributed by atoms with Gasteiger partial charge in [0.2, 0.25) is 0 Å². The SMILES string of the molecule is COc1cc2c(cc1C=O)C=CNC2=C=O. The highest BCUT2D eigenvalue weighted by molar-refractivity contribution is 5.94. The number of hydrogen-bond donors (Lipinski definition) is 1. The minimum Gasteiger partial charge on any atom is -0.496 e. The van der Waals surface area contributed by atoms with Crippen molar-refractivity contribution < 1.29 is 14.3 Å². The van der Waals surface area contributed by atoms with Crippen LogP contribution in [-0.2, 0) is 4.79 Å². The molecule has 4 nitrogen and oxygen atoms in total. The number of carbonyl (C=O) groups excluding carboxylic acids is 2. The first-order valence-electron chi connectivity index (χ1n) is 4.66. The molecule has 1 aliphatic heterocycles. The van der Waals surface area contributed by atoms with E-state index in [4.69, 9.17) is 4.74 Å². The smallest absolute Gasteiger partial charge is 0.153 e. The molecule has 1 aromatic carbocycles. The lowest BCUT2D eigenvalue weighted by Gasteiger charge is -2.15. The van der Waals surface area contributed by atoms with Crippen LogP contribution < -0.4 is 10.1 Å². The molecule has 1 heterocycles. The average molecular weight is 215 g/mol. The number of carbonyl (C=O) groups is 1. The summed E-state index contributed by atoms with van der Waals surface area (Å²) in [6, 6.07) is 3.33. The average Bonchev–Trinajstić information content (AvgIpc) is 2.36. The highest BCUT2D eigenvalue weighted by Crippen LogP contribution is 2.28. The second-order valence-corrected chi connectivity index (χ2v) is 3.25. The third-order valence-corrected chi connectivity index (χ3v) is 2.39. The summed E-state index contributed by atoms with van der Waals surface area (Å²) in [5, 5.41) is 2.78. The molecule has 0 saturated carbocycles. The zero-order chi connectivity index (χ0) is 11.5. The Hall–Kier alpha value is -2.32. The quantitative estimate of drug-likeness (QED) is 0.596. The molecule has 0 spiro atoms. The molecule has 0 radical (unpaired) electrons. The predicted molar refractivity (Wildman–Crippen MR) is 59.7 cm³/mol. The Bertz CT molecular complexity index is 525. The van der Waals surface area contributed by atoms with Gasteiger partial charge in [-0.3, -0.25) is 4.79 Å². The van der Waals surface area contributed by atoms with Gasteiger partial charge in [0.15, 0.2) is 12.2 Å². The third-order valence-electron chi connectivity index (χ3n) is 2.39. The molecular weight excluding hydrogens is 206 g/mol. The highest BCUT2D eigenvalue weighted by Gasteiger charge is 2.14. The molecule has 1 aliphatic rings. The van der Waals surface area contributed by atoms with E-state index in [1.807, 2.05) is 5.94 Å². The second-order valence-electron chi connectivity index (χ2n) is 3.25. The molecule has 4 heteroatoms. The zero-order valence-electron chi connectivity index (χ0n) is 8.61. The number of nitrogens with one attached hydrogen (secondary N) is 1. The molecule has 0 aliphatic carbocycles. The molecule has 0 bridgehead atoms. The van der Waals surface area contributed by atoms with Crippen LogP contribution in [0.4, 0.5) is 0 Å². The van der Waals surface area contributed by atoms with E-state index in [-0.39, 0.29) is 0 Å². The van der Waals surface area contributed by atoms with Gasteiger partial charge in [0.25, 0.3) is 0 Å². The third kappa shape index (κ3) is 1.51. The van der Waals surface area contributed by atoms with E-state index in [1.54, 1.807) is 24.4 Å². The largest absolute Gasteiger partial charge is 0.496 e. The highest BCUT2D eigenvalue weighted by atomic mass is 16.5. The number of rotatable bonds is 2. The van der Waals surface area contributed by atoms with Crippen LogP contribution in [0.1, 0.15) is 21.5 Å². The Morgan fingerprint density at radius 3 is 2.88 bits per heavy atom. The predicted octanol–water partition coefficient (Wildman–Crippen LogP) is 1.25. The van der Waals surface area contributed by atoms with Crippen LogP contribution in [0.25, 0.3) is 11.8 Å². The maximum Gasteiger partial charge on any atom is 0.153 e. The number of fused-ring (bicyclic) bond motifs is 1. The monoisotopic (exact) mass is 215 g/mol. The Labute approximate surface area is 92.2 Å². The Morgan fingerprint density at radius 2 is 2.25 bits per heavy atom. The van der Waals surface area contributed by atoms with Crippen LogP contribution in [0, 0.1) is 0 Å². The maximum absolute atomic E-state index is 10.8. The van der Waals surface area contributed by atoms with Crippen molar-refractivity contribution in [2.45, 2.75) is 0 Å². The molecule has 0 fully saturated rings. The minimum atomic E-state index is 0.341. The van der Waals surface area contributed by atoms with E-state index in [2.05, 4.69) is 5.32 Å². The Balaban J connectivity index is 2.69. The second kappa shape index (κ2) is 4.04. The summed E-state index contributed by atoms with van der Waals surface area (Å²) in [6.07, 6.45) is 4.13. The van der Waals surface area contributed by atoms with Gasteiger partial charge in [-0.05, 0) is 23.8 Å². The fourth-order valence-electron chi connectivity index (χ4n) is 1.61. The Kier molecular flexibility index (Phi) is 2.58. The number of ether oxygens (including phenoxy) is 1. The van der Waals surface area contributed by atoms with E-state index in [0.717, 1.165) is 11.8 Å². The Morgan fingerprint density at radius 1 is 1.44 bits per heavy atom. The molecule has 1 aromatic rings. The first-order chi connectivity index (χ1) is 7.80. The number of aldehydes is 1. The molecule has 1 N–H and O–H groups in total. The van der Waals surface area contributed by atoms with E-state index in [0.29, 0.717) is 22.6 Å². The van der Waals surface area contributed by atoms with Crippen LogP contribution in [0.5, 0.6) is 5.75 Å². The fourth-order valence-corrected chi connectivity index (χ4v) is 1.61. The lowest BCUT2D eigenvalue weighted by atomic mass is 9.99. The van der Waals surface area contributed by atoms with Crippen molar-refractivity contribution >= 4 is 24.0 Å². The van der Waals surface area contributed by atoms with Gasteiger partial charge in [0, 0.05) is 11.8 Å². The molecule has 0 saturated heterocycles. The molecule has 0 amide bonds. The van der Waals surface area contributed by atoms with Gasteiger partial charge in [-0.25, -0.2) is 4.79 Å². The van der Waals surface area contributed by atoms with E-state index in [9.17, 15) is 9.59 Å². The number of benzene rings is 1. The molecule has 16 heavy (non-hydrogen) atoms. The molecule has 0 unspecified atom stereocenters. The van der Waals surface area contributed by atoms with Gasteiger partial charge in [-0.2, -0.15) is 0 Å². The van der Waals surface area contributed by atoms with E-state index in [1.165, 1.54) is 7.11 Å². The number of methoxy groups -OCH3 is 1. The molecule has 80 valence electrons. The van der Waals surface area contributed by atoms with E-state index >= 15 is 0 Å². The van der Waals surface area contributed by atoms with Gasteiger partial charge in [0.1, 0.15) is 11.4 Å². The molecule has 2 rings (SSSR count). The topological polar surface area (TPSA) is 55.4 Å². The summed E-state index contributed by atoms with van der Waals surface area (Å²) < 4.78 is 5.07. The molecule has 0 atom stereocenters. The summed E-state index contributed by atoms with van der Waals surface area (Å²) in [5.41, 5.74) is 2.27. The fraction of sp³-hybridized carbons (Fsp3) is 0.0833. The van der Waals surface area contributed by atoms with Crippen LogP contribution in [0.3, 0.4) is 0 Å². The van der Waals surface area contributed by atoms with Gasteiger partial charge in [-0.1, -0.05) is 0 Å². The summed E-state index contributed by atoms with van der Waals surface area (Å²) in [7, 11) is 1.48. The number of hydrogen-bond acceptors (Lipinski definition) is 4. The summed E-state index contributed by atoms with van der Waals surface area (Å²) >= 11 is 0. The minimum absolute atomic E-state index is 0.341. The van der Waals surface area contributed by atoms with Gasteiger partial charge in [0.05, 0.1) is 12.7 Å². The first-order valence-corrected chi connectivity index (χ1v) is 4.66. The molecular formula is C12H9NO3. The van der Waals surface area contributed by atoms with Crippen molar-refractivity contribution in [3.8, 4) is 5.75 Å². The van der Waals surface area contributed by atoms with Crippen molar-refractivity contribution in [1.82, 2.24) is 5.32 Å². The van der Waals surface area contributed by atoms with Crippen molar-refractivity contribution in [3.63, 3.8) is 0 Å². The first kappa shape index (κ1) is 10.2. The normalized spacial score (nSPS) is 12.4. The van der Waals surface area contributed by atoms with Crippen molar-refractivity contribution in [1.29, 1.82) is 0 Å². The van der Waals surface area contributed by atoms with Crippen molar-refractivity contribution in [2.24, 2.45) is 0 Å². The van der Waals surface area contributed by atoms with E-state index < -0.39 is 0 Å². The van der Waals surface area contributed by atoms with Crippen molar-refractivity contribution in [3.05, 3.63) is 35.0 Å². The summed E-state index contributed by atoms with van der Waals surface area (Å²) in [5.74, 6) is 2.25. The molecule has 0 aromatic heterocycles. The maximum atomic E-state index is 10.8. The lowest BCUT2D eigenvalue weighted by Crippen LogP contribution is -2.10. The summed E-state index contributed by atoms with van der Waals surface area (Å²) in [4.78, 5) is 21.5. The van der Waals surface area contributed by atoms with Crippen LogP contribution in [0.15, 0.2) is 18.3 Å². The van der Waals surface area contributed by atoms with Gasteiger partial charge < -0.3 is 10.1 Å². The zero-order valence-corrected chi connectivity index (χ0v) is 8.61.